The zero-order chi connectivity index (χ0) is 12.7. The van der Waals surface area contributed by atoms with Gasteiger partial charge in [0.1, 0.15) is 6.09 Å². The van der Waals surface area contributed by atoms with Crippen LogP contribution in [0.4, 0.5) is 4.79 Å². The second-order valence-corrected chi connectivity index (χ2v) is 5.48. The normalized spacial score (nSPS) is 21.6. The minimum atomic E-state index is -1.02. The smallest absolute Gasteiger partial charge is 0.136 e. The Balaban J connectivity index is 0.000000321. The van der Waals surface area contributed by atoms with Gasteiger partial charge in [0.15, 0.2) is 0 Å². The number of hydrogen-bond donors (Lipinski definition) is 1. The minimum Gasteiger partial charge on any atom is -0.530 e. The maximum Gasteiger partial charge on any atom is 0.136 e. The molecule has 4 N–H and O–H groups in total. The van der Waals surface area contributed by atoms with Gasteiger partial charge in [-0.15, -0.1) is 0 Å². The number of piperidine rings is 2. The molecule has 2 saturated heterocycles. The molecule has 0 saturated carbocycles. The molecule has 5 heteroatoms. The van der Waals surface area contributed by atoms with Crippen molar-refractivity contribution >= 4 is 6.09 Å². The van der Waals surface area contributed by atoms with E-state index in [0.29, 0.717) is 19.0 Å². The molecule has 2 heterocycles. The fraction of sp³-hybridized carbons (Fsp3) is 0.923. The van der Waals surface area contributed by atoms with Crippen LogP contribution < -0.4 is 10.4 Å². The van der Waals surface area contributed by atoms with Gasteiger partial charge in [0.25, 0.3) is 0 Å². The first-order valence-electron chi connectivity index (χ1n) is 6.87. The van der Waals surface area contributed by atoms with Crippen molar-refractivity contribution in [3.05, 3.63) is 0 Å². The molecule has 0 bridgehead atoms. The Bertz CT molecular complexity index is 222. The van der Waals surface area contributed by atoms with E-state index in [1.54, 1.807) is 0 Å². The van der Waals surface area contributed by atoms with Crippen LogP contribution in [-0.4, -0.2) is 42.6 Å². The van der Waals surface area contributed by atoms with Crippen LogP contribution in [0.15, 0.2) is 0 Å². The van der Waals surface area contributed by atoms with Crippen LogP contribution in [0.1, 0.15) is 39.5 Å². The van der Waals surface area contributed by atoms with Crippen molar-refractivity contribution in [2.75, 3.05) is 26.2 Å². The zero-order valence-corrected chi connectivity index (χ0v) is 11.7. The Morgan fingerprint density at radius 1 is 1.06 bits per heavy atom. The van der Waals surface area contributed by atoms with Crippen molar-refractivity contribution < 1.29 is 20.7 Å². The molecule has 0 unspecified atom stereocenters. The summed E-state index contributed by atoms with van der Waals surface area (Å²) < 4.78 is 0. The topological polar surface area (TPSA) is 91.5 Å². The fourth-order valence-electron chi connectivity index (χ4n) is 2.28. The van der Waals surface area contributed by atoms with Gasteiger partial charge in [0.05, 0.1) is 13.1 Å². The summed E-state index contributed by atoms with van der Waals surface area (Å²) in [6.45, 7) is 8.52. The van der Waals surface area contributed by atoms with E-state index in [9.17, 15) is 9.90 Å². The number of amides is 1. The molecule has 0 radical (unpaired) electrons. The molecular weight excluding hydrogens is 232 g/mol. The molecule has 0 aromatic rings. The van der Waals surface area contributed by atoms with Crippen molar-refractivity contribution in [3.63, 3.8) is 0 Å². The molecule has 5 nitrogen and oxygen atoms in total. The first kappa shape index (κ1) is 17.2. The molecule has 2 aliphatic heterocycles. The summed E-state index contributed by atoms with van der Waals surface area (Å²) >= 11 is 0. The molecule has 2 fully saturated rings. The second-order valence-electron chi connectivity index (χ2n) is 5.48. The van der Waals surface area contributed by atoms with Gasteiger partial charge in [-0.05, 0) is 37.5 Å². The van der Waals surface area contributed by atoms with E-state index in [1.165, 1.54) is 30.8 Å². The third-order valence-electron chi connectivity index (χ3n) is 3.77. The van der Waals surface area contributed by atoms with Crippen molar-refractivity contribution in [1.82, 2.24) is 4.90 Å². The maximum atomic E-state index is 10.3. The predicted molar refractivity (Wildman–Crippen MR) is 69.0 cm³/mol. The lowest BCUT2D eigenvalue weighted by Gasteiger charge is -2.31. The Hall–Kier alpha value is -0.810. The number of nitrogens with zero attached hydrogens (tertiary/aromatic N) is 1. The van der Waals surface area contributed by atoms with Gasteiger partial charge in [0, 0.05) is 13.1 Å². The van der Waals surface area contributed by atoms with Crippen LogP contribution in [0.2, 0.25) is 0 Å². The highest BCUT2D eigenvalue weighted by Crippen LogP contribution is 2.14. The molecule has 1 amide bonds. The van der Waals surface area contributed by atoms with Crippen LogP contribution in [0.5, 0.6) is 0 Å². The van der Waals surface area contributed by atoms with Crippen LogP contribution in [0, 0.1) is 11.8 Å². The van der Waals surface area contributed by atoms with Gasteiger partial charge >= 0.3 is 0 Å². The van der Waals surface area contributed by atoms with E-state index in [1.807, 2.05) is 0 Å². The number of carboxylic acid groups (broad SMARTS) is 1. The number of quaternary nitrogens is 1. The van der Waals surface area contributed by atoms with Crippen molar-refractivity contribution in [2.45, 2.75) is 39.5 Å². The standard InChI is InChI=1S/C7H13NO2.C6H13N.H2O/c1-6-2-4-8(5-3-6)7(9)10;1-6-2-4-7-5-3-6;/h6H,2-5H2,1H3,(H,9,10);6-7H,2-5H2,1H3;1H2. The van der Waals surface area contributed by atoms with Crippen molar-refractivity contribution in [3.8, 4) is 0 Å². The summed E-state index contributed by atoms with van der Waals surface area (Å²) in [4.78, 5) is 11.7. The number of rotatable bonds is 0. The number of hydrogen-bond acceptors (Lipinski definition) is 2. The van der Waals surface area contributed by atoms with Crippen LogP contribution in [0.3, 0.4) is 0 Å². The highest BCUT2D eigenvalue weighted by atomic mass is 16.4. The van der Waals surface area contributed by atoms with Crippen molar-refractivity contribution in [2.24, 2.45) is 11.8 Å². The van der Waals surface area contributed by atoms with E-state index in [2.05, 4.69) is 19.2 Å². The first-order chi connectivity index (χ1) is 8.09. The predicted octanol–water partition coefficient (Wildman–Crippen LogP) is -0.783. The molecule has 0 spiro atoms. The third kappa shape index (κ3) is 6.81. The molecule has 18 heavy (non-hydrogen) atoms. The van der Waals surface area contributed by atoms with Gasteiger partial charge in [-0.1, -0.05) is 13.8 Å². The summed E-state index contributed by atoms with van der Waals surface area (Å²) in [5, 5.41) is 12.7. The molecule has 0 aromatic carbocycles. The van der Waals surface area contributed by atoms with E-state index < -0.39 is 6.09 Å². The average Bonchev–Trinajstić information content (AvgIpc) is 2.31. The first-order valence-corrected chi connectivity index (χ1v) is 6.87. The number of nitrogens with two attached hydrogens (primary N) is 1. The monoisotopic (exact) mass is 260 g/mol. The summed E-state index contributed by atoms with van der Waals surface area (Å²) in [7, 11) is 0. The molecule has 2 aliphatic rings. The van der Waals surface area contributed by atoms with Crippen LogP contribution in [-0.2, 0) is 0 Å². The van der Waals surface area contributed by atoms with Gasteiger partial charge in [-0.3, -0.25) is 0 Å². The molecule has 108 valence electrons. The van der Waals surface area contributed by atoms with Crippen LogP contribution >= 0.6 is 0 Å². The second kappa shape index (κ2) is 9.16. The fourth-order valence-corrected chi connectivity index (χ4v) is 2.28. The summed E-state index contributed by atoms with van der Waals surface area (Å²) in [5.74, 6) is 1.68. The van der Waals surface area contributed by atoms with E-state index in [0.717, 1.165) is 18.8 Å². The lowest BCUT2D eigenvalue weighted by atomic mass is 10.00. The quantitative estimate of drug-likeness (QED) is 0.618. The zero-order valence-electron chi connectivity index (χ0n) is 11.7. The molecule has 0 atom stereocenters. The van der Waals surface area contributed by atoms with Gasteiger partial charge in [-0.2, -0.15) is 0 Å². The molecule has 2 rings (SSSR count). The maximum absolute atomic E-state index is 10.3. The highest BCUT2D eigenvalue weighted by Gasteiger charge is 2.14. The van der Waals surface area contributed by atoms with E-state index in [4.69, 9.17) is 0 Å². The number of carbonyl (C=O) groups excluding carboxylic acids is 1. The Kier molecular flexibility index (Phi) is 8.75. The van der Waals surface area contributed by atoms with E-state index in [-0.39, 0.29) is 5.48 Å². The summed E-state index contributed by atoms with van der Waals surface area (Å²) in [5.41, 5.74) is 0. The Labute approximate surface area is 110 Å². The van der Waals surface area contributed by atoms with E-state index >= 15 is 0 Å². The largest absolute Gasteiger partial charge is 0.530 e. The van der Waals surface area contributed by atoms with Gasteiger partial charge in [0.2, 0.25) is 0 Å². The average molecular weight is 260 g/mol. The SMILES string of the molecule is CC1CCN(C(=O)[O-])CC1.CC1CC[NH2+]CC1.O. The highest BCUT2D eigenvalue weighted by molar-refractivity contribution is 5.62. The lowest BCUT2D eigenvalue weighted by molar-refractivity contribution is -0.664. The van der Waals surface area contributed by atoms with Gasteiger partial charge in [-0.25, -0.2) is 0 Å². The molecule has 0 aromatic heterocycles. The molecule has 0 aliphatic carbocycles. The summed E-state index contributed by atoms with van der Waals surface area (Å²) in [6, 6.07) is 0. The van der Waals surface area contributed by atoms with Gasteiger partial charge < -0.3 is 25.6 Å². The Morgan fingerprint density at radius 2 is 1.50 bits per heavy atom. The summed E-state index contributed by atoms with van der Waals surface area (Å²) in [6.07, 6.45) is 3.80. The van der Waals surface area contributed by atoms with Crippen molar-refractivity contribution in [1.29, 1.82) is 0 Å². The number of likely N-dealkylation sites (tertiary alicyclic amines) is 1. The minimum absolute atomic E-state index is 0. The number of carbonyl (C=O) groups is 1. The Morgan fingerprint density at radius 3 is 1.83 bits per heavy atom. The van der Waals surface area contributed by atoms with Crippen LogP contribution in [0.25, 0.3) is 0 Å². The third-order valence-corrected chi connectivity index (χ3v) is 3.77. The lowest BCUT2D eigenvalue weighted by Crippen LogP contribution is -2.86. The molecular formula is C13H28N2O3.